The number of hydrogen-bond acceptors (Lipinski definition) is 3. The molecule has 3 aromatic rings. The molecule has 3 nitrogen and oxygen atoms in total. The predicted molar refractivity (Wildman–Crippen MR) is 145 cm³/mol. The van der Waals surface area contributed by atoms with Crippen molar-refractivity contribution < 1.29 is 4.39 Å². The first kappa shape index (κ1) is 25.0. The van der Waals surface area contributed by atoms with Gasteiger partial charge in [0.2, 0.25) is 0 Å². The molecule has 4 N–H and O–H groups in total. The zero-order valence-electron chi connectivity index (χ0n) is 17.6. The molecule has 0 aromatic heterocycles. The minimum Gasteiger partial charge on any atom is -0.397 e. The predicted octanol–water partition coefficient (Wildman–Crippen LogP) is 8.96. The van der Waals surface area contributed by atoms with Gasteiger partial charge >= 0.3 is 0 Å². The van der Waals surface area contributed by atoms with Gasteiger partial charge in [-0.3, -0.25) is 0 Å². The minimum absolute atomic E-state index is 0.199. The van der Waals surface area contributed by atoms with E-state index < -0.39 is 10.2 Å². The molecule has 9 heteroatoms. The first-order chi connectivity index (χ1) is 16.0. The van der Waals surface area contributed by atoms with Crippen LogP contribution in [0.2, 0.25) is 15.1 Å². The van der Waals surface area contributed by atoms with Gasteiger partial charge in [0.25, 0.3) is 0 Å². The summed E-state index contributed by atoms with van der Waals surface area (Å²) in [7, 11) is 0. The fourth-order valence-electron chi connectivity index (χ4n) is 3.86. The number of allylic oxidation sites excluding steroid dienone is 1. The van der Waals surface area contributed by atoms with Crippen LogP contribution < -0.4 is 16.4 Å². The van der Waals surface area contributed by atoms with Crippen molar-refractivity contribution in [3.63, 3.8) is 0 Å². The van der Waals surface area contributed by atoms with Crippen LogP contribution in [0.25, 0.3) is 5.70 Å². The Morgan fingerprint density at radius 1 is 0.882 bits per heavy atom. The van der Waals surface area contributed by atoms with Crippen molar-refractivity contribution in [1.29, 1.82) is 0 Å². The van der Waals surface area contributed by atoms with Gasteiger partial charge in [-0.15, -0.1) is 23.2 Å². The van der Waals surface area contributed by atoms with Crippen molar-refractivity contribution >= 4 is 80.8 Å². The number of rotatable bonds is 7. The molecule has 1 aliphatic rings. The van der Waals surface area contributed by atoms with Gasteiger partial charge < -0.3 is 16.4 Å². The zero-order chi connectivity index (χ0) is 24.8. The maximum atomic E-state index is 13.3. The molecule has 0 saturated heterocycles. The molecular formula is C25H19Cl5FN3. The number of benzene rings is 3. The van der Waals surface area contributed by atoms with Gasteiger partial charge in [-0.1, -0.05) is 54.0 Å². The summed E-state index contributed by atoms with van der Waals surface area (Å²) in [6, 6.07) is 14.7. The Hall–Kier alpha value is -2.08. The smallest absolute Gasteiger partial charge is 0.134 e. The summed E-state index contributed by atoms with van der Waals surface area (Å²) < 4.78 is 12.3. The van der Waals surface area contributed by atoms with E-state index in [9.17, 15) is 4.39 Å². The van der Waals surface area contributed by atoms with Crippen molar-refractivity contribution in [3.8, 4) is 0 Å². The lowest BCUT2D eigenvalue weighted by Gasteiger charge is -2.16. The van der Waals surface area contributed by atoms with Gasteiger partial charge in [0.05, 0.1) is 26.4 Å². The second kappa shape index (κ2) is 9.52. The third-order valence-corrected chi connectivity index (χ3v) is 7.64. The lowest BCUT2D eigenvalue weighted by Crippen LogP contribution is -2.06. The fourth-order valence-corrected chi connectivity index (χ4v) is 5.29. The lowest BCUT2D eigenvalue weighted by molar-refractivity contribution is 0.628. The molecule has 176 valence electrons. The molecule has 2 unspecified atom stereocenters. The monoisotopic (exact) mass is 555 g/mol. The third kappa shape index (κ3) is 4.98. The van der Waals surface area contributed by atoms with Crippen molar-refractivity contribution in [2.75, 3.05) is 16.4 Å². The minimum atomic E-state index is -1.04. The molecule has 2 atom stereocenters. The van der Waals surface area contributed by atoms with Gasteiger partial charge in [0.1, 0.15) is 10.2 Å². The quantitative estimate of drug-likeness (QED) is 0.201. The summed E-state index contributed by atoms with van der Waals surface area (Å²) in [6.45, 7) is 8.19. The van der Waals surface area contributed by atoms with E-state index >= 15 is 0 Å². The fraction of sp³-hybridized carbons (Fsp3) is 0.120. The van der Waals surface area contributed by atoms with Crippen LogP contribution in [-0.4, -0.2) is 4.33 Å². The molecule has 0 aliphatic heterocycles. The molecule has 0 heterocycles. The van der Waals surface area contributed by atoms with Gasteiger partial charge in [-0.05, 0) is 54.1 Å². The van der Waals surface area contributed by atoms with E-state index in [2.05, 4.69) is 23.8 Å². The number of alkyl halides is 2. The molecule has 1 aliphatic carbocycles. The van der Waals surface area contributed by atoms with Gasteiger partial charge in [0, 0.05) is 34.5 Å². The summed E-state index contributed by atoms with van der Waals surface area (Å²) in [4.78, 5) is 0. The number of hydrogen-bond donors (Lipinski definition) is 3. The van der Waals surface area contributed by atoms with E-state index in [0.717, 1.165) is 5.56 Å². The Morgan fingerprint density at radius 3 is 2.26 bits per heavy atom. The van der Waals surface area contributed by atoms with Gasteiger partial charge in [-0.2, -0.15) is 0 Å². The Morgan fingerprint density at radius 2 is 1.59 bits per heavy atom. The van der Waals surface area contributed by atoms with Gasteiger partial charge in [-0.25, -0.2) is 4.39 Å². The second-order valence-electron chi connectivity index (χ2n) is 7.98. The largest absolute Gasteiger partial charge is 0.397 e. The topological polar surface area (TPSA) is 50.1 Å². The van der Waals surface area contributed by atoms with Crippen LogP contribution >= 0.6 is 58.0 Å². The highest BCUT2D eigenvalue weighted by Gasteiger charge is 2.65. The first-order valence-electron chi connectivity index (χ1n) is 10.1. The standard InChI is InChI=1S/C25H19Cl5FN3/c1-12(34-22-8-4-15(31)10-21(22)32)17-11-16(5-7-18(17)26)33-13(2)23-24(25(23,29)30)14-3-6-19(27)20(28)9-14/h3-11,23-24,33-34H,1-2,32H2. The molecule has 34 heavy (non-hydrogen) atoms. The van der Waals surface area contributed by atoms with E-state index in [4.69, 9.17) is 63.7 Å². The van der Waals surface area contributed by atoms with Crippen LogP contribution in [-0.2, 0) is 0 Å². The molecular weight excluding hydrogens is 539 g/mol. The van der Waals surface area contributed by atoms with Crippen LogP contribution in [0.4, 0.5) is 21.5 Å². The molecule has 4 rings (SSSR count). The summed E-state index contributed by atoms with van der Waals surface area (Å²) in [6.07, 6.45) is 0. The van der Waals surface area contributed by atoms with Crippen LogP contribution in [0.5, 0.6) is 0 Å². The number of anilines is 3. The highest BCUT2D eigenvalue weighted by atomic mass is 35.5. The average molecular weight is 558 g/mol. The molecule has 1 fully saturated rings. The Bertz CT molecular complexity index is 1310. The molecule has 0 radical (unpaired) electrons. The van der Waals surface area contributed by atoms with Crippen molar-refractivity contribution in [2.45, 2.75) is 10.3 Å². The Labute approximate surface area is 222 Å². The molecule has 3 aromatic carbocycles. The van der Waals surface area contributed by atoms with Crippen molar-refractivity contribution in [3.05, 3.63) is 105 Å². The third-order valence-electron chi connectivity index (χ3n) is 5.63. The summed E-state index contributed by atoms with van der Waals surface area (Å²) in [5, 5.41) is 7.70. The number of nitrogens with one attached hydrogen (secondary N) is 2. The highest BCUT2D eigenvalue weighted by Crippen LogP contribution is 2.67. The van der Waals surface area contributed by atoms with E-state index in [1.165, 1.54) is 18.2 Å². The van der Waals surface area contributed by atoms with Crippen LogP contribution in [0.3, 0.4) is 0 Å². The normalized spacial score (nSPS) is 18.3. The Balaban J connectivity index is 1.51. The first-order valence-corrected chi connectivity index (χ1v) is 12.0. The molecule has 1 saturated carbocycles. The van der Waals surface area contributed by atoms with Crippen molar-refractivity contribution in [2.24, 2.45) is 5.92 Å². The SMILES string of the molecule is C=C(Nc1ccc(F)cc1N)c1cc(NC(=C)C2C(c3ccc(Cl)c(Cl)c3)C2(Cl)Cl)ccc1Cl. The molecule has 0 spiro atoms. The zero-order valence-corrected chi connectivity index (χ0v) is 21.4. The van der Waals surface area contributed by atoms with Crippen molar-refractivity contribution in [1.82, 2.24) is 0 Å². The number of halogens is 6. The summed E-state index contributed by atoms with van der Waals surface area (Å²) in [5.74, 6) is -0.881. The Kier molecular flexibility index (Phi) is 7.01. The second-order valence-corrected chi connectivity index (χ2v) is 10.6. The molecule has 0 amide bonds. The lowest BCUT2D eigenvalue weighted by atomic mass is 10.1. The maximum Gasteiger partial charge on any atom is 0.134 e. The van der Waals surface area contributed by atoms with Crippen LogP contribution in [0.15, 0.2) is 73.5 Å². The average Bonchev–Trinajstić information content (AvgIpc) is 3.35. The van der Waals surface area contributed by atoms with E-state index in [0.29, 0.717) is 43.4 Å². The van der Waals surface area contributed by atoms with Crippen LogP contribution in [0.1, 0.15) is 17.0 Å². The maximum absolute atomic E-state index is 13.3. The summed E-state index contributed by atoms with van der Waals surface area (Å²) in [5.41, 5.74) is 9.99. The number of nitrogens with two attached hydrogens (primary N) is 1. The molecule has 0 bridgehead atoms. The highest BCUT2D eigenvalue weighted by molar-refractivity contribution is 6.52. The number of nitrogen functional groups attached to an aromatic ring is 1. The summed E-state index contributed by atoms with van der Waals surface area (Å²) >= 11 is 31.8. The van der Waals surface area contributed by atoms with E-state index in [-0.39, 0.29) is 17.5 Å². The van der Waals surface area contributed by atoms with E-state index in [1.54, 1.807) is 24.3 Å². The van der Waals surface area contributed by atoms with Crippen LogP contribution in [0, 0.1) is 11.7 Å². The van der Waals surface area contributed by atoms with Gasteiger partial charge in [0.15, 0.2) is 0 Å². The van der Waals surface area contributed by atoms with E-state index in [1.807, 2.05) is 12.1 Å².